The summed E-state index contributed by atoms with van der Waals surface area (Å²) in [5.74, 6) is -1.76. The Bertz CT molecular complexity index is 596. The molecule has 0 heterocycles. The lowest BCUT2D eigenvalue weighted by atomic mass is 9.92. The zero-order valence-corrected chi connectivity index (χ0v) is 12.3. The van der Waals surface area contributed by atoms with E-state index in [-0.39, 0.29) is 5.82 Å². The highest BCUT2D eigenvalue weighted by atomic mass is 79.9. The van der Waals surface area contributed by atoms with Crippen molar-refractivity contribution >= 4 is 21.9 Å². The molecule has 4 heteroatoms. The van der Waals surface area contributed by atoms with E-state index in [0.29, 0.717) is 18.4 Å². The smallest absolute Gasteiger partial charge is 0.307 e. The van der Waals surface area contributed by atoms with Crippen molar-refractivity contribution in [1.82, 2.24) is 0 Å². The van der Waals surface area contributed by atoms with Crippen molar-refractivity contribution in [2.45, 2.75) is 12.8 Å². The highest BCUT2D eigenvalue weighted by Crippen LogP contribution is 2.18. The minimum absolute atomic E-state index is 0.323. The fourth-order valence-electron chi connectivity index (χ4n) is 2.10. The summed E-state index contributed by atoms with van der Waals surface area (Å²) in [6.45, 7) is 0. The van der Waals surface area contributed by atoms with Crippen LogP contribution in [0.15, 0.2) is 53.0 Å². The topological polar surface area (TPSA) is 37.3 Å². The van der Waals surface area contributed by atoms with Gasteiger partial charge in [0.15, 0.2) is 0 Å². The van der Waals surface area contributed by atoms with Crippen LogP contribution in [-0.2, 0) is 17.6 Å². The lowest BCUT2D eigenvalue weighted by Crippen LogP contribution is -2.19. The fourth-order valence-corrected chi connectivity index (χ4v) is 2.36. The zero-order valence-electron chi connectivity index (χ0n) is 10.7. The summed E-state index contributed by atoms with van der Waals surface area (Å²) < 4.78 is 14.1. The van der Waals surface area contributed by atoms with Crippen molar-refractivity contribution in [3.8, 4) is 0 Å². The second kappa shape index (κ2) is 6.66. The monoisotopic (exact) mass is 336 g/mol. The van der Waals surface area contributed by atoms with E-state index in [9.17, 15) is 14.3 Å². The minimum Gasteiger partial charge on any atom is -0.481 e. The van der Waals surface area contributed by atoms with Gasteiger partial charge in [0.25, 0.3) is 0 Å². The molecule has 0 saturated heterocycles. The normalized spacial score (nSPS) is 12.1. The number of benzene rings is 2. The van der Waals surface area contributed by atoms with Crippen LogP contribution in [0.3, 0.4) is 0 Å². The fraction of sp³-hybridized carbons (Fsp3) is 0.188. The van der Waals surface area contributed by atoms with Crippen LogP contribution in [0.4, 0.5) is 4.39 Å². The van der Waals surface area contributed by atoms with Crippen LogP contribution in [0, 0.1) is 11.7 Å². The van der Waals surface area contributed by atoms with Crippen LogP contribution in [0.1, 0.15) is 11.1 Å². The Labute approximate surface area is 125 Å². The summed E-state index contributed by atoms with van der Waals surface area (Å²) in [5, 5.41) is 9.32. The highest BCUT2D eigenvalue weighted by molar-refractivity contribution is 9.10. The number of halogens is 2. The second-order valence-electron chi connectivity index (χ2n) is 4.70. The molecule has 0 spiro atoms. The number of rotatable bonds is 5. The summed E-state index contributed by atoms with van der Waals surface area (Å²) in [5.41, 5.74) is 1.66. The van der Waals surface area contributed by atoms with Gasteiger partial charge in [-0.1, -0.05) is 40.2 Å². The van der Waals surface area contributed by atoms with Gasteiger partial charge >= 0.3 is 5.97 Å². The van der Waals surface area contributed by atoms with E-state index < -0.39 is 11.9 Å². The lowest BCUT2D eigenvalue weighted by Gasteiger charge is -2.12. The van der Waals surface area contributed by atoms with Gasteiger partial charge in [0, 0.05) is 4.47 Å². The van der Waals surface area contributed by atoms with Crippen LogP contribution in [0.2, 0.25) is 0 Å². The largest absolute Gasteiger partial charge is 0.481 e. The molecule has 2 nitrogen and oxygen atoms in total. The van der Waals surface area contributed by atoms with Crippen molar-refractivity contribution in [2.75, 3.05) is 0 Å². The van der Waals surface area contributed by atoms with E-state index in [0.717, 1.165) is 10.0 Å². The van der Waals surface area contributed by atoms with Crippen LogP contribution < -0.4 is 0 Å². The Kier molecular flexibility index (Phi) is 4.90. The molecule has 2 rings (SSSR count). The van der Waals surface area contributed by atoms with Gasteiger partial charge in [-0.25, -0.2) is 4.39 Å². The van der Waals surface area contributed by atoms with E-state index in [1.54, 1.807) is 12.1 Å². The number of carboxylic acids is 1. The molecule has 104 valence electrons. The number of carboxylic acid groups (broad SMARTS) is 1. The van der Waals surface area contributed by atoms with Gasteiger partial charge in [-0.05, 0) is 48.2 Å². The molecule has 1 unspecified atom stereocenters. The quantitative estimate of drug-likeness (QED) is 0.893. The summed E-state index contributed by atoms with van der Waals surface area (Å²) in [4.78, 5) is 11.4. The SMILES string of the molecule is O=C(O)C(Cc1ccc(Br)cc1)Cc1cccc(F)c1. The summed E-state index contributed by atoms with van der Waals surface area (Å²) in [6.07, 6.45) is 0.752. The van der Waals surface area contributed by atoms with Crippen molar-refractivity contribution in [2.24, 2.45) is 5.92 Å². The van der Waals surface area contributed by atoms with E-state index in [1.165, 1.54) is 12.1 Å². The van der Waals surface area contributed by atoms with Crippen LogP contribution >= 0.6 is 15.9 Å². The molecule has 20 heavy (non-hydrogen) atoms. The van der Waals surface area contributed by atoms with Crippen LogP contribution in [0.25, 0.3) is 0 Å². The van der Waals surface area contributed by atoms with Crippen LogP contribution in [-0.4, -0.2) is 11.1 Å². The van der Waals surface area contributed by atoms with E-state index >= 15 is 0 Å². The molecule has 1 atom stereocenters. The third-order valence-electron chi connectivity index (χ3n) is 3.12. The summed E-state index contributed by atoms with van der Waals surface area (Å²) in [7, 11) is 0. The molecule has 0 aliphatic rings. The Morgan fingerprint density at radius 1 is 1.10 bits per heavy atom. The maximum absolute atomic E-state index is 13.1. The molecular formula is C16H14BrFO2. The van der Waals surface area contributed by atoms with Gasteiger partial charge in [0.1, 0.15) is 5.82 Å². The van der Waals surface area contributed by atoms with Gasteiger partial charge in [-0.2, -0.15) is 0 Å². The average Bonchev–Trinajstić information content (AvgIpc) is 2.40. The zero-order chi connectivity index (χ0) is 14.5. The van der Waals surface area contributed by atoms with Crippen LogP contribution in [0.5, 0.6) is 0 Å². The number of hydrogen-bond acceptors (Lipinski definition) is 1. The highest BCUT2D eigenvalue weighted by Gasteiger charge is 2.18. The Balaban J connectivity index is 2.11. The first-order chi connectivity index (χ1) is 9.54. The maximum Gasteiger partial charge on any atom is 0.307 e. The van der Waals surface area contributed by atoms with Crippen molar-refractivity contribution in [1.29, 1.82) is 0 Å². The molecule has 2 aromatic carbocycles. The van der Waals surface area contributed by atoms with E-state index in [4.69, 9.17) is 0 Å². The van der Waals surface area contributed by atoms with Crippen molar-refractivity contribution in [3.05, 3.63) is 69.9 Å². The Morgan fingerprint density at radius 2 is 1.75 bits per heavy atom. The number of carbonyl (C=O) groups is 1. The summed E-state index contributed by atoms with van der Waals surface area (Å²) in [6, 6.07) is 13.7. The van der Waals surface area contributed by atoms with Gasteiger partial charge < -0.3 is 5.11 Å². The molecule has 0 aromatic heterocycles. The molecule has 0 fully saturated rings. The van der Waals surface area contributed by atoms with Crippen molar-refractivity contribution < 1.29 is 14.3 Å². The van der Waals surface area contributed by atoms with Gasteiger partial charge in [-0.3, -0.25) is 4.79 Å². The minimum atomic E-state index is -0.864. The first kappa shape index (κ1) is 14.7. The third-order valence-corrected chi connectivity index (χ3v) is 3.64. The first-order valence-corrected chi connectivity index (χ1v) is 7.05. The molecular weight excluding hydrogens is 323 g/mol. The molecule has 0 aliphatic heterocycles. The molecule has 0 bridgehead atoms. The molecule has 1 N–H and O–H groups in total. The third kappa shape index (κ3) is 4.17. The van der Waals surface area contributed by atoms with Gasteiger partial charge in [0.05, 0.1) is 5.92 Å². The Hall–Kier alpha value is -1.68. The molecule has 0 saturated carbocycles. The number of hydrogen-bond donors (Lipinski definition) is 1. The maximum atomic E-state index is 13.1. The first-order valence-electron chi connectivity index (χ1n) is 6.26. The molecule has 2 aromatic rings. The lowest BCUT2D eigenvalue weighted by molar-refractivity contribution is -0.141. The van der Waals surface area contributed by atoms with E-state index in [2.05, 4.69) is 15.9 Å². The molecule has 0 aliphatic carbocycles. The second-order valence-corrected chi connectivity index (χ2v) is 5.62. The summed E-state index contributed by atoms with van der Waals surface area (Å²) >= 11 is 3.34. The predicted octanol–water partition coefficient (Wildman–Crippen LogP) is 4.07. The predicted molar refractivity (Wildman–Crippen MR) is 79.1 cm³/mol. The Morgan fingerprint density at radius 3 is 2.35 bits per heavy atom. The molecule has 0 radical (unpaired) electrons. The molecule has 0 amide bonds. The van der Waals surface area contributed by atoms with E-state index in [1.807, 2.05) is 24.3 Å². The van der Waals surface area contributed by atoms with Crippen molar-refractivity contribution in [3.63, 3.8) is 0 Å². The number of aliphatic carboxylic acids is 1. The van der Waals surface area contributed by atoms with Gasteiger partial charge in [-0.15, -0.1) is 0 Å². The van der Waals surface area contributed by atoms with Gasteiger partial charge in [0.2, 0.25) is 0 Å². The average molecular weight is 337 g/mol. The standard InChI is InChI=1S/C16H14BrFO2/c17-14-6-4-11(5-7-14)8-13(16(19)20)9-12-2-1-3-15(18)10-12/h1-7,10,13H,8-9H2,(H,19,20).